The second kappa shape index (κ2) is 7.05. The largest absolute Gasteiger partial charge is 0.507 e. The Labute approximate surface area is 145 Å². The highest BCUT2D eigenvalue weighted by molar-refractivity contribution is 6.89. The van der Waals surface area contributed by atoms with Crippen molar-refractivity contribution in [3.05, 3.63) is 27.8 Å². The molecule has 1 saturated carbocycles. The monoisotopic (exact) mass is 348 g/mol. The average molecular weight is 349 g/mol. The van der Waals surface area contributed by atoms with Gasteiger partial charge in [-0.3, -0.25) is 15.1 Å². The molecule has 2 rings (SSSR count). The fourth-order valence-electron chi connectivity index (χ4n) is 3.36. The predicted octanol–water partition coefficient (Wildman–Crippen LogP) is 4.09. The van der Waals surface area contributed by atoms with Gasteiger partial charge in [-0.05, 0) is 23.4 Å². The minimum atomic E-state index is -1.90. The van der Waals surface area contributed by atoms with Gasteiger partial charge < -0.3 is 5.11 Å². The summed E-state index contributed by atoms with van der Waals surface area (Å²) in [6.45, 7) is 10.7. The fourth-order valence-corrected chi connectivity index (χ4v) is 4.79. The lowest BCUT2D eigenvalue weighted by atomic mass is 9.78. The van der Waals surface area contributed by atoms with E-state index in [1.807, 2.05) is 0 Å². The molecule has 0 bridgehead atoms. The number of hydrogen-bond donors (Lipinski definition) is 1. The second-order valence-corrected chi connectivity index (χ2v) is 13.1. The summed E-state index contributed by atoms with van der Waals surface area (Å²) >= 11 is 0. The molecule has 0 saturated heterocycles. The molecule has 0 heterocycles. The third-order valence-electron chi connectivity index (χ3n) is 5.21. The van der Waals surface area contributed by atoms with Crippen molar-refractivity contribution in [1.82, 2.24) is 0 Å². The number of benzene rings is 1. The number of nitrogens with zero attached hydrogens (tertiary/aromatic N) is 2. The van der Waals surface area contributed by atoms with Crippen molar-refractivity contribution in [2.24, 2.45) is 16.8 Å². The molecule has 3 atom stereocenters. The van der Waals surface area contributed by atoms with Crippen molar-refractivity contribution < 1.29 is 10.0 Å². The first-order valence-electron chi connectivity index (χ1n) is 8.66. The number of hydrogen-bond acceptors (Lipinski definition) is 4. The molecule has 0 aliphatic heterocycles. The number of phenolic OH excluding ortho intramolecular Hbond substituents is 1. The highest BCUT2D eigenvalue weighted by Gasteiger charge is 2.28. The average Bonchev–Trinajstić information content (AvgIpc) is 2.48. The molecule has 1 aromatic carbocycles. The van der Waals surface area contributed by atoms with Gasteiger partial charge in [0, 0.05) is 23.9 Å². The maximum atomic E-state index is 11.2. The van der Waals surface area contributed by atoms with Crippen molar-refractivity contribution in [3.63, 3.8) is 0 Å². The molecule has 1 N–H and O–H groups in total. The molecule has 6 heteroatoms. The van der Waals surface area contributed by atoms with Gasteiger partial charge in [0.2, 0.25) is 0 Å². The first kappa shape index (κ1) is 18.6. The number of non-ortho nitro benzene ring substituents is 1. The van der Waals surface area contributed by atoms with Crippen molar-refractivity contribution in [1.29, 1.82) is 0 Å². The summed E-state index contributed by atoms with van der Waals surface area (Å²) in [6.07, 6.45) is 5.08. The summed E-state index contributed by atoms with van der Waals surface area (Å²) in [5, 5.41) is 22.5. The van der Waals surface area contributed by atoms with Crippen molar-refractivity contribution in [3.8, 4) is 5.75 Å². The van der Waals surface area contributed by atoms with Crippen LogP contribution in [0.4, 0.5) is 5.69 Å². The zero-order valence-electron chi connectivity index (χ0n) is 15.2. The Morgan fingerprint density at radius 1 is 1.29 bits per heavy atom. The summed E-state index contributed by atoms with van der Waals surface area (Å²) in [7, 11) is -1.90. The van der Waals surface area contributed by atoms with Gasteiger partial charge in [-0.15, -0.1) is 0 Å². The van der Waals surface area contributed by atoms with Crippen LogP contribution in [0.25, 0.3) is 0 Å². The molecule has 0 radical (unpaired) electrons. The Morgan fingerprint density at radius 3 is 2.54 bits per heavy atom. The molecule has 5 nitrogen and oxygen atoms in total. The van der Waals surface area contributed by atoms with Crippen LogP contribution in [0.3, 0.4) is 0 Å². The Morgan fingerprint density at radius 2 is 1.96 bits per heavy atom. The molecule has 1 fully saturated rings. The fraction of sp³-hybridized carbons (Fsp3) is 0.611. The molecule has 3 unspecified atom stereocenters. The number of rotatable bonds is 4. The number of nitro benzene ring substituents is 1. The highest BCUT2D eigenvalue weighted by atomic mass is 28.3. The van der Waals surface area contributed by atoms with E-state index < -0.39 is 13.0 Å². The highest BCUT2D eigenvalue weighted by Crippen LogP contribution is 2.32. The summed E-state index contributed by atoms with van der Waals surface area (Å²) < 4.78 is 0. The standard InChI is InChI=1S/C18H28N2O3Si/c1-12-7-6-8-16(13(12)2)19-11-14-9-15(20(22)23)10-17(18(14)21)24(3,4)5/h9-13,16,21H,6-8H2,1-5H3. The molecular weight excluding hydrogens is 320 g/mol. The summed E-state index contributed by atoms with van der Waals surface area (Å²) in [5.74, 6) is 1.28. The number of aromatic hydroxyl groups is 1. The summed E-state index contributed by atoms with van der Waals surface area (Å²) in [5.41, 5.74) is 0.490. The van der Waals surface area contributed by atoms with Crippen LogP contribution in [0.2, 0.25) is 19.6 Å². The molecule has 0 spiro atoms. The van der Waals surface area contributed by atoms with Gasteiger partial charge in [-0.1, -0.05) is 46.3 Å². The van der Waals surface area contributed by atoms with E-state index in [1.54, 1.807) is 6.21 Å². The van der Waals surface area contributed by atoms with E-state index in [0.717, 1.165) is 12.8 Å². The third-order valence-corrected chi connectivity index (χ3v) is 7.21. The topological polar surface area (TPSA) is 75.7 Å². The van der Waals surface area contributed by atoms with Crippen LogP contribution < -0.4 is 5.19 Å². The van der Waals surface area contributed by atoms with Crippen molar-refractivity contribution in [2.45, 2.75) is 58.8 Å². The van der Waals surface area contributed by atoms with Gasteiger partial charge in [-0.25, -0.2) is 0 Å². The molecule has 1 aliphatic carbocycles. The maximum absolute atomic E-state index is 11.2. The lowest BCUT2D eigenvalue weighted by Crippen LogP contribution is -2.38. The molecule has 1 aromatic rings. The first-order valence-corrected chi connectivity index (χ1v) is 12.2. The summed E-state index contributed by atoms with van der Waals surface area (Å²) in [6, 6.07) is 3.17. The lowest BCUT2D eigenvalue weighted by Gasteiger charge is -2.31. The Bertz CT molecular complexity index is 652. The van der Waals surface area contributed by atoms with Gasteiger partial charge in [0.1, 0.15) is 5.75 Å². The number of phenols is 1. The summed E-state index contributed by atoms with van der Waals surface area (Å²) in [4.78, 5) is 15.5. The molecule has 24 heavy (non-hydrogen) atoms. The van der Waals surface area contributed by atoms with Gasteiger partial charge >= 0.3 is 0 Å². The van der Waals surface area contributed by atoms with Crippen LogP contribution in [-0.4, -0.2) is 30.4 Å². The second-order valence-electron chi connectivity index (χ2n) is 8.05. The number of nitro groups is 1. The van der Waals surface area contributed by atoms with E-state index in [9.17, 15) is 15.2 Å². The van der Waals surface area contributed by atoms with Gasteiger partial charge in [0.25, 0.3) is 5.69 Å². The maximum Gasteiger partial charge on any atom is 0.270 e. The van der Waals surface area contributed by atoms with Crippen LogP contribution in [-0.2, 0) is 0 Å². The minimum Gasteiger partial charge on any atom is -0.507 e. The Kier molecular flexibility index (Phi) is 5.48. The van der Waals surface area contributed by atoms with Gasteiger partial charge in [0.15, 0.2) is 0 Å². The zero-order chi connectivity index (χ0) is 18.1. The van der Waals surface area contributed by atoms with E-state index in [0.29, 0.717) is 22.6 Å². The normalized spacial score (nSPS) is 25.1. The van der Waals surface area contributed by atoms with Crippen LogP contribution in [0, 0.1) is 22.0 Å². The van der Waals surface area contributed by atoms with E-state index in [-0.39, 0.29) is 17.5 Å². The van der Waals surface area contributed by atoms with E-state index in [4.69, 9.17) is 0 Å². The molecule has 0 amide bonds. The van der Waals surface area contributed by atoms with Crippen LogP contribution in [0.1, 0.15) is 38.7 Å². The minimum absolute atomic E-state index is 0.0248. The zero-order valence-corrected chi connectivity index (χ0v) is 16.2. The smallest absolute Gasteiger partial charge is 0.270 e. The molecule has 132 valence electrons. The predicted molar refractivity (Wildman–Crippen MR) is 101 cm³/mol. The van der Waals surface area contributed by atoms with E-state index in [1.165, 1.54) is 18.6 Å². The Balaban J connectivity index is 2.40. The SMILES string of the molecule is CC1CCCC(N=Cc2cc([N+](=O)[O-])cc([Si](C)(C)C)c2O)C1C. The third kappa shape index (κ3) is 4.04. The molecule has 0 aromatic heterocycles. The van der Waals surface area contributed by atoms with Crippen LogP contribution >= 0.6 is 0 Å². The molecular formula is C18H28N2O3Si. The van der Waals surface area contributed by atoms with Gasteiger partial charge in [0.05, 0.1) is 19.0 Å². The van der Waals surface area contributed by atoms with Crippen molar-refractivity contribution >= 4 is 25.2 Å². The first-order chi connectivity index (χ1) is 11.1. The van der Waals surface area contributed by atoms with E-state index >= 15 is 0 Å². The quantitative estimate of drug-likeness (QED) is 0.385. The Hall–Kier alpha value is -1.69. The van der Waals surface area contributed by atoms with Crippen molar-refractivity contribution in [2.75, 3.05) is 0 Å². The van der Waals surface area contributed by atoms with Gasteiger partial charge in [-0.2, -0.15) is 0 Å². The van der Waals surface area contributed by atoms with Crippen LogP contribution in [0.5, 0.6) is 5.75 Å². The molecule has 1 aliphatic rings. The van der Waals surface area contributed by atoms with Crippen LogP contribution in [0.15, 0.2) is 17.1 Å². The van der Waals surface area contributed by atoms with E-state index in [2.05, 4.69) is 38.5 Å². The lowest BCUT2D eigenvalue weighted by molar-refractivity contribution is -0.384. The number of aliphatic imine (C=N–C) groups is 1.